The van der Waals surface area contributed by atoms with Gasteiger partial charge in [0.05, 0.1) is 4.47 Å². The van der Waals surface area contributed by atoms with Crippen LogP contribution in [0.3, 0.4) is 0 Å². The first kappa shape index (κ1) is 8.68. The van der Waals surface area contributed by atoms with Crippen LogP contribution in [0.25, 0.3) is 0 Å². The predicted octanol–water partition coefficient (Wildman–Crippen LogP) is 2.70. The number of carbonyl (C=O) groups is 1. The first-order valence-electron chi connectivity index (χ1n) is 2.94. The Kier molecular flexibility index (Phi) is 2.62. The molecule has 1 rings (SSSR count). The van der Waals surface area contributed by atoms with Gasteiger partial charge in [0.2, 0.25) is 0 Å². The van der Waals surface area contributed by atoms with Crippen LogP contribution >= 0.6 is 27.5 Å². The van der Waals surface area contributed by atoms with Gasteiger partial charge in [-0.1, -0.05) is 11.6 Å². The number of hydrogen-bond acceptors (Lipinski definition) is 2. The Bertz CT molecular complexity index is 300. The van der Waals surface area contributed by atoms with Gasteiger partial charge in [-0.2, -0.15) is 0 Å². The monoisotopic (exact) mass is 233 g/mol. The fourth-order valence-electron chi connectivity index (χ4n) is 0.690. The Labute approximate surface area is 77.7 Å². The lowest BCUT2D eigenvalue weighted by atomic mass is 10.2. The van der Waals surface area contributed by atoms with Gasteiger partial charge in [-0.3, -0.25) is 4.79 Å². The average molecular weight is 234 g/mol. The van der Waals surface area contributed by atoms with Crippen molar-refractivity contribution in [1.29, 1.82) is 0 Å². The summed E-state index contributed by atoms with van der Waals surface area (Å²) in [4.78, 5) is 14.7. The molecule has 0 unspecified atom stereocenters. The molecule has 4 heteroatoms. The van der Waals surface area contributed by atoms with E-state index in [2.05, 4.69) is 20.9 Å². The minimum Gasteiger partial charge on any atom is -0.294 e. The molecule has 0 N–H and O–H groups in total. The van der Waals surface area contributed by atoms with Gasteiger partial charge in [-0.15, -0.1) is 0 Å². The zero-order valence-electron chi connectivity index (χ0n) is 5.77. The summed E-state index contributed by atoms with van der Waals surface area (Å²) in [6, 6.07) is 1.62. The van der Waals surface area contributed by atoms with Gasteiger partial charge in [-0.05, 0) is 28.9 Å². The lowest BCUT2D eigenvalue weighted by Crippen LogP contribution is -1.94. The van der Waals surface area contributed by atoms with Crippen LogP contribution in [0.15, 0.2) is 16.7 Å². The highest BCUT2D eigenvalue weighted by Gasteiger charge is 2.07. The zero-order chi connectivity index (χ0) is 8.43. The number of Topliss-reactive ketones (excluding diaryl/α,β-unsaturated/α-hetero) is 1. The molecule has 0 amide bonds. The molecular formula is C7H5BrClNO. The van der Waals surface area contributed by atoms with Crippen molar-refractivity contribution in [2.24, 2.45) is 0 Å². The van der Waals surface area contributed by atoms with Gasteiger partial charge < -0.3 is 0 Å². The first-order chi connectivity index (χ1) is 5.13. The summed E-state index contributed by atoms with van der Waals surface area (Å²) in [7, 11) is 0. The van der Waals surface area contributed by atoms with E-state index in [1.165, 1.54) is 13.1 Å². The van der Waals surface area contributed by atoms with Crippen molar-refractivity contribution in [2.75, 3.05) is 0 Å². The number of aromatic nitrogens is 1. The standard InChI is InChI=1S/C7H5BrClNO/c1-4(11)5-2-3-10-7(9)6(5)8/h2-3H,1H3. The summed E-state index contributed by atoms with van der Waals surface area (Å²) in [6.07, 6.45) is 1.50. The summed E-state index contributed by atoms with van der Waals surface area (Å²) >= 11 is 8.81. The van der Waals surface area contributed by atoms with Crippen molar-refractivity contribution >= 4 is 33.3 Å². The molecule has 0 aliphatic heterocycles. The number of carbonyl (C=O) groups excluding carboxylic acids is 1. The second-order valence-corrected chi connectivity index (χ2v) is 3.17. The van der Waals surface area contributed by atoms with E-state index in [0.29, 0.717) is 15.2 Å². The molecular weight excluding hydrogens is 229 g/mol. The summed E-state index contributed by atoms with van der Waals surface area (Å²) in [6.45, 7) is 1.48. The number of rotatable bonds is 1. The van der Waals surface area contributed by atoms with Crippen LogP contribution in [0, 0.1) is 0 Å². The van der Waals surface area contributed by atoms with Crippen molar-refractivity contribution in [3.8, 4) is 0 Å². The fraction of sp³-hybridized carbons (Fsp3) is 0.143. The third-order valence-electron chi connectivity index (χ3n) is 1.23. The van der Waals surface area contributed by atoms with Crippen molar-refractivity contribution in [1.82, 2.24) is 4.98 Å². The summed E-state index contributed by atoms with van der Waals surface area (Å²) in [5.41, 5.74) is 0.560. The molecule has 0 saturated carbocycles. The summed E-state index contributed by atoms with van der Waals surface area (Å²) < 4.78 is 0.564. The van der Waals surface area contributed by atoms with Gasteiger partial charge in [0.1, 0.15) is 5.15 Å². The van der Waals surface area contributed by atoms with E-state index < -0.39 is 0 Å². The summed E-state index contributed by atoms with van der Waals surface area (Å²) in [5.74, 6) is -0.0267. The average Bonchev–Trinajstić information content (AvgIpc) is 1.94. The lowest BCUT2D eigenvalue weighted by molar-refractivity contribution is 0.101. The maximum atomic E-state index is 10.9. The predicted molar refractivity (Wildman–Crippen MR) is 47.0 cm³/mol. The Morgan fingerprint density at radius 3 is 2.82 bits per heavy atom. The van der Waals surface area contributed by atoms with Crippen LogP contribution in [-0.2, 0) is 0 Å². The highest BCUT2D eigenvalue weighted by molar-refractivity contribution is 9.10. The van der Waals surface area contributed by atoms with E-state index >= 15 is 0 Å². The van der Waals surface area contributed by atoms with Gasteiger partial charge in [-0.25, -0.2) is 4.98 Å². The maximum Gasteiger partial charge on any atom is 0.161 e. The van der Waals surface area contributed by atoms with E-state index in [0.717, 1.165) is 0 Å². The van der Waals surface area contributed by atoms with E-state index in [-0.39, 0.29) is 5.78 Å². The van der Waals surface area contributed by atoms with Crippen LogP contribution in [0.1, 0.15) is 17.3 Å². The van der Waals surface area contributed by atoms with Crippen LogP contribution in [0.2, 0.25) is 5.15 Å². The van der Waals surface area contributed by atoms with Gasteiger partial charge >= 0.3 is 0 Å². The minimum atomic E-state index is -0.0267. The van der Waals surface area contributed by atoms with E-state index in [4.69, 9.17) is 11.6 Å². The van der Waals surface area contributed by atoms with E-state index in [1.54, 1.807) is 6.07 Å². The zero-order valence-corrected chi connectivity index (χ0v) is 8.11. The highest BCUT2D eigenvalue weighted by atomic mass is 79.9. The molecule has 0 aliphatic rings. The van der Waals surface area contributed by atoms with E-state index in [1.807, 2.05) is 0 Å². The van der Waals surface area contributed by atoms with Crippen molar-refractivity contribution in [2.45, 2.75) is 6.92 Å². The molecule has 0 spiro atoms. The Balaban J connectivity index is 3.27. The Hall–Kier alpha value is -0.410. The molecule has 0 radical (unpaired) electrons. The van der Waals surface area contributed by atoms with Crippen LogP contribution in [0.4, 0.5) is 0 Å². The van der Waals surface area contributed by atoms with Crippen LogP contribution < -0.4 is 0 Å². The molecule has 1 aromatic heterocycles. The minimum absolute atomic E-state index is 0.0267. The second-order valence-electron chi connectivity index (χ2n) is 2.02. The van der Waals surface area contributed by atoms with Crippen molar-refractivity contribution in [3.05, 3.63) is 27.5 Å². The van der Waals surface area contributed by atoms with E-state index in [9.17, 15) is 4.79 Å². The molecule has 1 heterocycles. The van der Waals surface area contributed by atoms with Crippen molar-refractivity contribution < 1.29 is 4.79 Å². The highest BCUT2D eigenvalue weighted by Crippen LogP contribution is 2.23. The number of halogens is 2. The third kappa shape index (κ3) is 1.79. The van der Waals surface area contributed by atoms with Gasteiger partial charge in [0.15, 0.2) is 5.78 Å². The topological polar surface area (TPSA) is 30.0 Å². The normalized spacial score (nSPS) is 9.73. The van der Waals surface area contributed by atoms with Crippen LogP contribution in [-0.4, -0.2) is 10.8 Å². The molecule has 0 aromatic carbocycles. The van der Waals surface area contributed by atoms with Crippen molar-refractivity contribution in [3.63, 3.8) is 0 Å². The van der Waals surface area contributed by atoms with Gasteiger partial charge in [0.25, 0.3) is 0 Å². The molecule has 2 nitrogen and oxygen atoms in total. The fourth-order valence-corrected chi connectivity index (χ4v) is 1.36. The SMILES string of the molecule is CC(=O)c1ccnc(Cl)c1Br. The molecule has 1 aromatic rings. The number of ketones is 1. The lowest BCUT2D eigenvalue weighted by Gasteiger charge is -1.99. The van der Waals surface area contributed by atoms with Gasteiger partial charge in [0, 0.05) is 11.8 Å². The third-order valence-corrected chi connectivity index (χ3v) is 2.54. The number of nitrogens with zero attached hydrogens (tertiary/aromatic N) is 1. The molecule has 0 atom stereocenters. The van der Waals surface area contributed by atoms with Crippen LogP contribution in [0.5, 0.6) is 0 Å². The molecule has 0 bridgehead atoms. The number of pyridine rings is 1. The number of hydrogen-bond donors (Lipinski definition) is 0. The second kappa shape index (κ2) is 3.32. The maximum absolute atomic E-state index is 10.9. The molecule has 0 aliphatic carbocycles. The Morgan fingerprint density at radius 1 is 1.73 bits per heavy atom. The Morgan fingerprint density at radius 2 is 2.36 bits per heavy atom. The summed E-state index contributed by atoms with van der Waals surface area (Å²) in [5, 5.41) is 0.317. The largest absolute Gasteiger partial charge is 0.294 e. The molecule has 58 valence electrons. The molecule has 0 fully saturated rings. The smallest absolute Gasteiger partial charge is 0.161 e. The first-order valence-corrected chi connectivity index (χ1v) is 4.11. The molecule has 0 saturated heterocycles. The molecule has 11 heavy (non-hydrogen) atoms. The quantitative estimate of drug-likeness (QED) is 0.552.